The molecule has 1 aliphatic heterocycles. The molecule has 3 heteroatoms. The molecule has 0 bridgehead atoms. The molecule has 0 aromatic rings. The number of rotatable bonds is 3. The summed E-state index contributed by atoms with van der Waals surface area (Å²) in [6.45, 7) is 14.0. The average molecular weight is 227 g/mol. The van der Waals surface area contributed by atoms with Crippen LogP contribution in [0.25, 0.3) is 0 Å². The summed E-state index contributed by atoms with van der Waals surface area (Å²) >= 11 is 0. The smallest absolute Gasteiger partial charge is 0.0345 e. The first-order valence-electron chi connectivity index (χ1n) is 6.44. The third-order valence-corrected chi connectivity index (χ3v) is 3.55. The Morgan fingerprint density at radius 2 is 1.94 bits per heavy atom. The van der Waals surface area contributed by atoms with Crippen molar-refractivity contribution >= 4 is 0 Å². The third-order valence-electron chi connectivity index (χ3n) is 3.55. The van der Waals surface area contributed by atoms with Gasteiger partial charge in [0.15, 0.2) is 0 Å². The minimum atomic E-state index is 0.390. The van der Waals surface area contributed by atoms with E-state index in [1.807, 2.05) is 7.05 Å². The molecule has 96 valence electrons. The van der Waals surface area contributed by atoms with Crippen LogP contribution in [0.4, 0.5) is 0 Å². The summed E-state index contributed by atoms with van der Waals surface area (Å²) < 4.78 is 0. The first-order valence-corrected chi connectivity index (χ1v) is 6.44. The molecular weight excluding hydrogens is 198 g/mol. The fourth-order valence-electron chi connectivity index (χ4n) is 2.73. The van der Waals surface area contributed by atoms with E-state index >= 15 is 0 Å². The van der Waals surface area contributed by atoms with E-state index < -0.39 is 0 Å². The standard InChI is InChI=1S/C13H29N3/c1-11(2)16-8-12(7-14-5)15(6)9-13(3,4)10-16/h11-12,14H,7-10H2,1-6H3. The van der Waals surface area contributed by atoms with Gasteiger partial charge in [-0.1, -0.05) is 13.8 Å². The summed E-state index contributed by atoms with van der Waals surface area (Å²) in [5, 5.41) is 3.31. The lowest BCUT2D eigenvalue weighted by Gasteiger charge is -2.32. The quantitative estimate of drug-likeness (QED) is 0.783. The summed E-state index contributed by atoms with van der Waals surface area (Å²) in [4.78, 5) is 5.13. The molecule has 1 aliphatic rings. The molecule has 16 heavy (non-hydrogen) atoms. The van der Waals surface area contributed by atoms with Crippen molar-refractivity contribution in [3.8, 4) is 0 Å². The Balaban J connectivity index is 2.76. The van der Waals surface area contributed by atoms with Gasteiger partial charge in [-0.2, -0.15) is 0 Å². The average Bonchev–Trinajstić information content (AvgIpc) is 2.24. The highest BCUT2D eigenvalue weighted by atomic mass is 15.3. The van der Waals surface area contributed by atoms with Gasteiger partial charge >= 0.3 is 0 Å². The predicted octanol–water partition coefficient (Wildman–Crippen LogP) is 1.26. The van der Waals surface area contributed by atoms with E-state index in [2.05, 4.69) is 49.9 Å². The minimum Gasteiger partial charge on any atom is -0.318 e. The van der Waals surface area contributed by atoms with E-state index in [0.29, 0.717) is 17.5 Å². The molecule has 0 saturated carbocycles. The normalized spacial score (nSPS) is 28.3. The maximum absolute atomic E-state index is 3.31. The summed E-state index contributed by atoms with van der Waals surface area (Å²) in [5.74, 6) is 0. The van der Waals surface area contributed by atoms with Crippen LogP contribution in [-0.2, 0) is 0 Å². The van der Waals surface area contributed by atoms with Crippen molar-refractivity contribution < 1.29 is 0 Å². The largest absolute Gasteiger partial charge is 0.318 e. The molecule has 1 fully saturated rings. The zero-order valence-corrected chi connectivity index (χ0v) is 11.9. The summed E-state index contributed by atoms with van der Waals surface area (Å²) in [6, 6.07) is 1.28. The van der Waals surface area contributed by atoms with E-state index in [1.165, 1.54) is 19.6 Å². The van der Waals surface area contributed by atoms with Gasteiger partial charge in [0.25, 0.3) is 0 Å². The monoisotopic (exact) mass is 227 g/mol. The molecule has 0 spiro atoms. The molecule has 0 aliphatic carbocycles. The van der Waals surface area contributed by atoms with Crippen LogP contribution in [-0.4, -0.2) is 62.2 Å². The number of nitrogens with one attached hydrogen (secondary N) is 1. The Morgan fingerprint density at radius 1 is 1.31 bits per heavy atom. The maximum atomic E-state index is 3.31. The predicted molar refractivity (Wildman–Crippen MR) is 70.8 cm³/mol. The Hall–Kier alpha value is -0.120. The van der Waals surface area contributed by atoms with Crippen LogP contribution in [0.15, 0.2) is 0 Å². The Labute approximate surface area is 101 Å². The van der Waals surface area contributed by atoms with Crippen molar-refractivity contribution in [2.24, 2.45) is 5.41 Å². The molecule has 1 atom stereocenters. The van der Waals surface area contributed by atoms with Crippen LogP contribution < -0.4 is 5.32 Å². The van der Waals surface area contributed by atoms with Gasteiger partial charge in [-0.25, -0.2) is 0 Å². The molecule has 0 aromatic heterocycles. The Kier molecular flexibility index (Phi) is 4.77. The van der Waals surface area contributed by atoms with Gasteiger partial charge < -0.3 is 10.2 Å². The molecule has 0 aromatic carbocycles. The van der Waals surface area contributed by atoms with Crippen LogP contribution in [0.3, 0.4) is 0 Å². The second kappa shape index (κ2) is 5.48. The molecule has 3 nitrogen and oxygen atoms in total. The van der Waals surface area contributed by atoms with E-state index in [1.54, 1.807) is 0 Å². The molecule has 1 N–H and O–H groups in total. The lowest BCUT2D eigenvalue weighted by Crippen LogP contribution is -2.46. The van der Waals surface area contributed by atoms with Crippen LogP contribution in [0.5, 0.6) is 0 Å². The third kappa shape index (κ3) is 3.72. The second-order valence-electron chi connectivity index (χ2n) is 6.31. The molecule has 1 rings (SSSR count). The zero-order valence-electron chi connectivity index (χ0n) is 11.9. The van der Waals surface area contributed by atoms with Crippen LogP contribution in [0, 0.1) is 5.41 Å². The van der Waals surface area contributed by atoms with Crippen molar-refractivity contribution in [2.45, 2.75) is 39.8 Å². The molecule has 1 saturated heterocycles. The van der Waals surface area contributed by atoms with Crippen molar-refractivity contribution in [1.82, 2.24) is 15.1 Å². The van der Waals surface area contributed by atoms with Crippen molar-refractivity contribution in [3.05, 3.63) is 0 Å². The highest BCUT2D eigenvalue weighted by Crippen LogP contribution is 2.24. The Morgan fingerprint density at radius 3 is 2.44 bits per heavy atom. The topological polar surface area (TPSA) is 18.5 Å². The van der Waals surface area contributed by atoms with Crippen LogP contribution >= 0.6 is 0 Å². The van der Waals surface area contributed by atoms with Gasteiger partial charge in [-0.15, -0.1) is 0 Å². The molecule has 0 amide bonds. The van der Waals surface area contributed by atoms with E-state index in [9.17, 15) is 0 Å². The van der Waals surface area contributed by atoms with Crippen molar-refractivity contribution in [3.63, 3.8) is 0 Å². The summed E-state index contributed by atoms with van der Waals surface area (Å²) in [5.41, 5.74) is 0.390. The lowest BCUT2D eigenvalue weighted by molar-refractivity contribution is 0.164. The fourth-order valence-corrected chi connectivity index (χ4v) is 2.73. The highest BCUT2D eigenvalue weighted by molar-refractivity contribution is 4.88. The number of hydrogen-bond acceptors (Lipinski definition) is 3. The SMILES string of the molecule is CNCC1CN(C(C)C)CC(C)(C)CN1C. The second-order valence-corrected chi connectivity index (χ2v) is 6.31. The van der Waals surface area contributed by atoms with Gasteiger partial charge in [0.2, 0.25) is 0 Å². The first kappa shape index (κ1) is 13.9. The van der Waals surface area contributed by atoms with Crippen LogP contribution in [0.2, 0.25) is 0 Å². The number of nitrogens with zero attached hydrogens (tertiary/aromatic N) is 2. The first-order chi connectivity index (χ1) is 7.35. The number of hydrogen-bond donors (Lipinski definition) is 1. The van der Waals surface area contributed by atoms with Crippen molar-refractivity contribution in [2.75, 3.05) is 40.3 Å². The Bertz CT molecular complexity index is 213. The van der Waals surface area contributed by atoms with Crippen LogP contribution in [0.1, 0.15) is 27.7 Å². The molecule has 0 radical (unpaired) electrons. The summed E-state index contributed by atoms with van der Waals surface area (Å²) in [6.07, 6.45) is 0. The van der Waals surface area contributed by atoms with Gasteiger partial charge in [0, 0.05) is 38.3 Å². The van der Waals surface area contributed by atoms with Gasteiger partial charge in [-0.05, 0) is 33.4 Å². The molecule has 1 unspecified atom stereocenters. The van der Waals surface area contributed by atoms with Crippen molar-refractivity contribution in [1.29, 1.82) is 0 Å². The van der Waals surface area contributed by atoms with Gasteiger partial charge in [-0.3, -0.25) is 4.90 Å². The van der Waals surface area contributed by atoms with E-state index in [4.69, 9.17) is 0 Å². The van der Waals surface area contributed by atoms with Gasteiger partial charge in [0.1, 0.15) is 0 Å². The van der Waals surface area contributed by atoms with E-state index in [0.717, 1.165) is 6.54 Å². The summed E-state index contributed by atoms with van der Waals surface area (Å²) in [7, 11) is 4.30. The lowest BCUT2D eigenvalue weighted by atomic mass is 9.92. The number of likely N-dealkylation sites (N-methyl/N-ethyl adjacent to an activating group) is 2. The van der Waals surface area contributed by atoms with E-state index in [-0.39, 0.29) is 0 Å². The zero-order chi connectivity index (χ0) is 12.3. The minimum absolute atomic E-state index is 0.390. The highest BCUT2D eigenvalue weighted by Gasteiger charge is 2.32. The molecule has 1 heterocycles. The molecular formula is C13H29N3. The maximum Gasteiger partial charge on any atom is 0.0345 e. The fraction of sp³-hybridized carbons (Fsp3) is 1.00. The van der Waals surface area contributed by atoms with Gasteiger partial charge in [0.05, 0.1) is 0 Å².